The molecule has 4 aromatic heterocycles. The fourth-order valence-corrected chi connectivity index (χ4v) is 5.34. The summed E-state index contributed by atoms with van der Waals surface area (Å²) in [6, 6.07) is 37.1. The Morgan fingerprint density at radius 3 is 2.33 bits per heavy atom. The molecule has 0 N–H and O–H groups in total. The molecule has 0 spiro atoms. The summed E-state index contributed by atoms with van der Waals surface area (Å²) >= 11 is 0. The van der Waals surface area contributed by atoms with Crippen LogP contribution in [-0.2, 0) is 0 Å². The number of hydrogen-bond acceptors (Lipinski definition) is 4. The number of pyridine rings is 1. The van der Waals surface area contributed by atoms with Crippen molar-refractivity contribution in [2.75, 3.05) is 0 Å². The number of hydrogen-bond donors (Lipinski definition) is 0. The zero-order chi connectivity index (χ0) is 25.8. The normalized spacial score (nSPS) is 11.6. The van der Waals surface area contributed by atoms with Gasteiger partial charge >= 0.3 is 0 Å². The molecule has 0 radical (unpaired) electrons. The SMILES string of the molecule is c1ccc(-c2cc(-n3cccn3)cc(-n3c4ccccc4c4ccc(-c5nc6ccccc6o5)cc43)c2)nc1. The zero-order valence-electron chi connectivity index (χ0n) is 20.8. The molecule has 0 aliphatic rings. The summed E-state index contributed by atoms with van der Waals surface area (Å²) in [5.41, 5.74) is 8.63. The van der Waals surface area contributed by atoms with Gasteiger partial charge in [-0.1, -0.05) is 42.5 Å². The molecule has 184 valence electrons. The molecule has 0 saturated heterocycles. The molecule has 6 heteroatoms. The largest absolute Gasteiger partial charge is 0.436 e. The van der Waals surface area contributed by atoms with Crippen molar-refractivity contribution in [2.24, 2.45) is 0 Å². The first-order valence-corrected chi connectivity index (χ1v) is 12.8. The summed E-state index contributed by atoms with van der Waals surface area (Å²) < 4.78 is 10.3. The van der Waals surface area contributed by atoms with Crippen molar-refractivity contribution in [2.45, 2.75) is 0 Å². The van der Waals surface area contributed by atoms with Gasteiger partial charge in [-0.15, -0.1) is 0 Å². The Kier molecular flexibility index (Phi) is 4.72. The van der Waals surface area contributed by atoms with Crippen LogP contribution >= 0.6 is 0 Å². The summed E-state index contributed by atoms with van der Waals surface area (Å²) in [7, 11) is 0. The number of aromatic nitrogens is 5. The first kappa shape index (κ1) is 21.6. The van der Waals surface area contributed by atoms with E-state index in [9.17, 15) is 0 Å². The van der Waals surface area contributed by atoms with Crippen molar-refractivity contribution >= 4 is 32.9 Å². The molecule has 0 fully saturated rings. The smallest absolute Gasteiger partial charge is 0.227 e. The van der Waals surface area contributed by atoms with Crippen LogP contribution in [0.15, 0.2) is 132 Å². The van der Waals surface area contributed by atoms with Gasteiger partial charge in [0.15, 0.2) is 5.58 Å². The summed E-state index contributed by atoms with van der Waals surface area (Å²) in [4.78, 5) is 9.39. The van der Waals surface area contributed by atoms with E-state index in [1.165, 1.54) is 5.39 Å². The lowest BCUT2D eigenvalue weighted by Crippen LogP contribution is -2.00. The van der Waals surface area contributed by atoms with E-state index < -0.39 is 0 Å². The maximum absolute atomic E-state index is 6.13. The third kappa shape index (κ3) is 3.54. The number of rotatable bonds is 4. The van der Waals surface area contributed by atoms with Crippen LogP contribution in [0.25, 0.3) is 67.0 Å². The van der Waals surface area contributed by atoms with Crippen LogP contribution in [0.2, 0.25) is 0 Å². The maximum Gasteiger partial charge on any atom is 0.227 e. The highest BCUT2D eigenvalue weighted by atomic mass is 16.3. The average Bonchev–Trinajstić information content (AvgIpc) is 3.75. The fourth-order valence-electron chi connectivity index (χ4n) is 5.34. The second kappa shape index (κ2) is 8.53. The van der Waals surface area contributed by atoms with Gasteiger partial charge in [-0.2, -0.15) is 5.10 Å². The molecule has 0 amide bonds. The molecule has 4 heterocycles. The average molecular weight is 504 g/mol. The van der Waals surface area contributed by atoms with Crippen LogP contribution in [0.1, 0.15) is 0 Å². The highest BCUT2D eigenvalue weighted by Gasteiger charge is 2.17. The fraction of sp³-hybridized carbons (Fsp3) is 0. The first-order valence-electron chi connectivity index (χ1n) is 12.8. The van der Waals surface area contributed by atoms with Crippen molar-refractivity contribution < 1.29 is 4.42 Å². The van der Waals surface area contributed by atoms with E-state index in [4.69, 9.17) is 9.40 Å². The van der Waals surface area contributed by atoms with Crippen LogP contribution in [-0.4, -0.2) is 24.3 Å². The van der Waals surface area contributed by atoms with E-state index in [0.29, 0.717) is 5.89 Å². The highest BCUT2D eigenvalue weighted by Crippen LogP contribution is 2.36. The van der Waals surface area contributed by atoms with Crippen molar-refractivity contribution in [1.82, 2.24) is 24.3 Å². The van der Waals surface area contributed by atoms with Gasteiger partial charge < -0.3 is 8.98 Å². The quantitative estimate of drug-likeness (QED) is 0.245. The van der Waals surface area contributed by atoms with Gasteiger partial charge in [-0.05, 0) is 66.7 Å². The van der Waals surface area contributed by atoms with E-state index in [1.54, 1.807) is 6.20 Å². The first-order chi connectivity index (χ1) is 19.3. The Hall–Kier alpha value is -5.49. The predicted octanol–water partition coefficient (Wildman–Crippen LogP) is 7.84. The van der Waals surface area contributed by atoms with Crippen LogP contribution in [0, 0.1) is 0 Å². The topological polar surface area (TPSA) is 61.7 Å². The van der Waals surface area contributed by atoms with E-state index in [2.05, 4.69) is 75.3 Å². The third-order valence-electron chi connectivity index (χ3n) is 7.10. The predicted molar refractivity (Wildman–Crippen MR) is 154 cm³/mol. The lowest BCUT2D eigenvalue weighted by Gasteiger charge is -2.13. The summed E-state index contributed by atoms with van der Waals surface area (Å²) in [5, 5.41) is 6.85. The maximum atomic E-state index is 6.13. The molecular weight excluding hydrogens is 482 g/mol. The van der Waals surface area contributed by atoms with Crippen molar-refractivity contribution in [3.63, 3.8) is 0 Å². The monoisotopic (exact) mass is 503 g/mol. The summed E-state index contributed by atoms with van der Waals surface area (Å²) in [6.07, 6.45) is 5.57. The number of nitrogens with zero attached hydrogens (tertiary/aromatic N) is 5. The van der Waals surface area contributed by atoms with Crippen LogP contribution in [0.3, 0.4) is 0 Å². The number of oxazole rings is 1. The van der Waals surface area contributed by atoms with E-state index in [0.717, 1.165) is 55.7 Å². The van der Waals surface area contributed by atoms with Crippen LogP contribution < -0.4 is 0 Å². The second-order valence-corrected chi connectivity index (χ2v) is 9.47. The van der Waals surface area contributed by atoms with Gasteiger partial charge in [-0.3, -0.25) is 4.98 Å². The number of benzene rings is 4. The van der Waals surface area contributed by atoms with E-state index in [-0.39, 0.29) is 0 Å². The lowest BCUT2D eigenvalue weighted by atomic mass is 10.1. The summed E-state index contributed by atoms with van der Waals surface area (Å²) in [6.45, 7) is 0. The third-order valence-corrected chi connectivity index (χ3v) is 7.10. The molecule has 8 aromatic rings. The van der Waals surface area contributed by atoms with Gasteiger partial charge in [0.05, 0.1) is 22.4 Å². The van der Waals surface area contributed by atoms with Crippen molar-refractivity contribution in [1.29, 1.82) is 0 Å². The molecular formula is C33H21N5O. The Labute approximate surface area is 223 Å². The van der Waals surface area contributed by atoms with Gasteiger partial charge in [0.2, 0.25) is 5.89 Å². The molecule has 4 aromatic carbocycles. The summed E-state index contributed by atoms with van der Waals surface area (Å²) in [5.74, 6) is 0.606. The molecule has 8 rings (SSSR count). The molecule has 0 saturated carbocycles. The van der Waals surface area contributed by atoms with E-state index in [1.807, 2.05) is 65.6 Å². The minimum Gasteiger partial charge on any atom is -0.436 e. The number of para-hydroxylation sites is 3. The second-order valence-electron chi connectivity index (χ2n) is 9.47. The molecule has 0 aliphatic carbocycles. The number of fused-ring (bicyclic) bond motifs is 4. The minimum atomic E-state index is 0.606. The molecule has 0 unspecified atom stereocenters. The minimum absolute atomic E-state index is 0.606. The highest BCUT2D eigenvalue weighted by molar-refractivity contribution is 6.10. The molecule has 0 aliphatic heterocycles. The van der Waals surface area contributed by atoms with Crippen molar-refractivity contribution in [3.8, 4) is 34.1 Å². The van der Waals surface area contributed by atoms with Gasteiger partial charge in [0, 0.05) is 46.2 Å². The molecule has 0 atom stereocenters. The standard InChI is InChI=1S/C33H21N5O/c1-3-11-30-26(8-1)27-14-13-22(33-36-29-10-2-4-12-32(29)39-33)20-31(27)38(30)25-19-23(28-9-5-6-15-34-28)18-24(21-25)37-17-7-16-35-37/h1-21H. The Balaban J connectivity index is 1.41. The van der Waals surface area contributed by atoms with Gasteiger partial charge in [-0.25, -0.2) is 9.67 Å². The van der Waals surface area contributed by atoms with E-state index >= 15 is 0 Å². The van der Waals surface area contributed by atoms with Crippen molar-refractivity contribution in [3.05, 3.63) is 128 Å². The lowest BCUT2D eigenvalue weighted by molar-refractivity contribution is 0.620. The van der Waals surface area contributed by atoms with Crippen LogP contribution in [0.5, 0.6) is 0 Å². The Morgan fingerprint density at radius 2 is 1.46 bits per heavy atom. The van der Waals surface area contributed by atoms with Gasteiger partial charge in [0.25, 0.3) is 0 Å². The van der Waals surface area contributed by atoms with Gasteiger partial charge in [0.1, 0.15) is 5.52 Å². The Bertz CT molecular complexity index is 2090. The van der Waals surface area contributed by atoms with Crippen LogP contribution in [0.4, 0.5) is 0 Å². The zero-order valence-corrected chi connectivity index (χ0v) is 20.8. The Morgan fingerprint density at radius 1 is 0.615 bits per heavy atom. The molecule has 6 nitrogen and oxygen atoms in total. The molecule has 0 bridgehead atoms. The molecule has 39 heavy (non-hydrogen) atoms.